The minimum atomic E-state index is -0.181. The first-order valence-electron chi connectivity index (χ1n) is 9.05. The molecule has 0 aliphatic carbocycles. The Morgan fingerprint density at radius 1 is 1.19 bits per heavy atom. The number of halogens is 1. The van der Waals surface area contributed by atoms with E-state index in [1.807, 2.05) is 32.3 Å². The van der Waals surface area contributed by atoms with E-state index in [-0.39, 0.29) is 11.8 Å². The SMILES string of the molecule is CN(C)Cc1ccccc1CNC(=O)c1ccc(Cl)c(N2CCCC2=O)c1. The van der Waals surface area contributed by atoms with Crippen LogP contribution in [0.4, 0.5) is 5.69 Å². The summed E-state index contributed by atoms with van der Waals surface area (Å²) < 4.78 is 0. The molecule has 0 saturated carbocycles. The van der Waals surface area contributed by atoms with E-state index in [9.17, 15) is 9.59 Å². The molecule has 0 atom stereocenters. The van der Waals surface area contributed by atoms with Crippen molar-refractivity contribution in [2.75, 3.05) is 25.5 Å². The second-order valence-electron chi connectivity index (χ2n) is 7.00. The smallest absolute Gasteiger partial charge is 0.251 e. The van der Waals surface area contributed by atoms with Crippen molar-refractivity contribution in [3.63, 3.8) is 0 Å². The Hall–Kier alpha value is -2.37. The number of hydrogen-bond donors (Lipinski definition) is 1. The summed E-state index contributed by atoms with van der Waals surface area (Å²) in [6.07, 6.45) is 1.34. The molecule has 1 aliphatic heterocycles. The van der Waals surface area contributed by atoms with Crippen LogP contribution in [0, 0.1) is 0 Å². The summed E-state index contributed by atoms with van der Waals surface area (Å²) >= 11 is 6.26. The number of carbonyl (C=O) groups is 2. The summed E-state index contributed by atoms with van der Waals surface area (Å²) in [5.74, 6) is -0.133. The molecule has 3 rings (SSSR count). The number of anilines is 1. The lowest BCUT2D eigenvalue weighted by atomic mass is 10.1. The normalized spacial score (nSPS) is 14.1. The standard InChI is InChI=1S/C21H24ClN3O2/c1-24(2)14-17-7-4-3-6-16(17)13-23-21(27)15-9-10-18(22)19(12-15)25-11-5-8-20(25)26/h3-4,6-7,9-10,12H,5,8,11,13-14H2,1-2H3,(H,23,27). The zero-order chi connectivity index (χ0) is 19.4. The van der Waals surface area contributed by atoms with Gasteiger partial charge in [0.25, 0.3) is 5.91 Å². The van der Waals surface area contributed by atoms with Crippen molar-refractivity contribution < 1.29 is 9.59 Å². The van der Waals surface area contributed by atoms with Crippen molar-refractivity contribution in [3.8, 4) is 0 Å². The molecule has 142 valence electrons. The fourth-order valence-electron chi connectivity index (χ4n) is 3.27. The van der Waals surface area contributed by atoms with Gasteiger partial charge in [-0.1, -0.05) is 35.9 Å². The summed E-state index contributed by atoms with van der Waals surface area (Å²) in [7, 11) is 4.04. The minimum absolute atomic E-state index is 0.0482. The van der Waals surface area contributed by atoms with E-state index in [4.69, 9.17) is 11.6 Å². The van der Waals surface area contributed by atoms with Crippen molar-refractivity contribution in [2.24, 2.45) is 0 Å². The number of hydrogen-bond acceptors (Lipinski definition) is 3. The molecule has 1 saturated heterocycles. The second kappa shape index (κ2) is 8.55. The molecule has 1 fully saturated rings. The summed E-state index contributed by atoms with van der Waals surface area (Å²) in [6, 6.07) is 13.1. The number of nitrogens with one attached hydrogen (secondary N) is 1. The van der Waals surface area contributed by atoms with Crippen LogP contribution < -0.4 is 10.2 Å². The minimum Gasteiger partial charge on any atom is -0.348 e. The Morgan fingerprint density at radius 2 is 1.93 bits per heavy atom. The largest absolute Gasteiger partial charge is 0.348 e. The number of rotatable bonds is 6. The second-order valence-corrected chi connectivity index (χ2v) is 7.41. The molecule has 6 heteroatoms. The molecule has 2 amide bonds. The zero-order valence-electron chi connectivity index (χ0n) is 15.7. The lowest BCUT2D eigenvalue weighted by molar-refractivity contribution is -0.117. The van der Waals surface area contributed by atoms with Crippen LogP contribution in [0.3, 0.4) is 0 Å². The van der Waals surface area contributed by atoms with E-state index in [0.29, 0.717) is 35.8 Å². The van der Waals surface area contributed by atoms with Crippen molar-refractivity contribution >= 4 is 29.1 Å². The van der Waals surface area contributed by atoms with E-state index in [2.05, 4.69) is 16.3 Å². The first-order valence-corrected chi connectivity index (χ1v) is 9.43. The molecule has 0 unspecified atom stereocenters. The van der Waals surface area contributed by atoms with Crippen LogP contribution in [0.15, 0.2) is 42.5 Å². The van der Waals surface area contributed by atoms with Gasteiger partial charge in [0.05, 0.1) is 10.7 Å². The van der Waals surface area contributed by atoms with Crippen LogP contribution in [0.2, 0.25) is 5.02 Å². The topological polar surface area (TPSA) is 52.7 Å². The van der Waals surface area contributed by atoms with Gasteiger partial charge in [-0.3, -0.25) is 9.59 Å². The maximum atomic E-state index is 12.6. The van der Waals surface area contributed by atoms with Crippen LogP contribution in [-0.4, -0.2) is 37.4 Å². The molecule has 0 radical (unpaired) electrons. The monoisotopic (exact) mass is 385 g/mol. The number of amides is 2. The van der Waals surface area contributed by atoms with Gasteiger partial charge < -0.3 is 15.1 Å². The first-order chi connectivity index (χ1) is 13.0. The third kappa shape index (κ3) is 4.67. The van der Waals surface area contributed by atoms with Crippen molar-refractivity contribution in [1.29, 1.82) is 0 Å². The highest BCUT2D eigenvalue weighted by molar-refractivity contribution is 6.34. The quantitative estimate of drug-likeness (QED) is 0.828. The van der Waals surface area contributed by atoms with Gasteiger partial charge in [0.15, 0.2) is 0 Å². The van der Waals surface area contributed by atoms with Crippen LogP contribution in [0.1, 0.15) is 34.3 Å². The third-order valence-electron chi connectivity index (χ3n) is 4.62. The predicted octanol–water partition coefficient (Wildman–Crippen LogP) is 3.46. The Bertz CT molecular complexity index is 851. The van der Waals surface area contributed by atoms with Gasteiger partial charge >= 0.3 is 0 Å². The zero-order valence-corrected chi connectivity index (χ0v) is 16.4. The van der Waals surface area contributed by atoms with Crippen molar-refractivity contribution in [1.82, 2.24) is 10.2 Å². The maximum Gasteiger partial charge on any atom is 0.251 e. The van der Waals surface area contributed by atoms with E-state index in [1.54, 1.807) is 23.1 Å². The molecule has 5 nitrogen and oxygen atoms in total. The fraction of sp³-hybridized carbons (Fsp3) is 0.333. The first kappa shape index (κ1) is 19.4. The van der Waals surface area contributed by atoms with E-state index >= 15 is 0 Å². The Balaban J connectivity index is 1.73. The van der Waals surface area contributed by atoms with Crippen LogP contribution in [0.5, 0.6) is 0 Å². The molecule has 1 aliphatic rings. The molecular formula is C21H24ClN3O2. The highest BCUT2D eigenvalue weighted by atomic mass is 35.5. The van der Waals surface area contributed by atoms with Crippen LogP contribution >= 0.6 is 11.6 Å². The van der Waals surface area contributed by atoms with Gasteiger partial charge in [-0.05, 0) is 49.8 Å². The molecule has 2 aromatic rings. The molecule has 0 aromatic heterocycles. The van der Waals surface area contributed by atoms with E-state index in [1.165, 1.54) is 5.56 Å². The number of carbonyl (C=O) groups excluding carboxylic acids is 2. The maximum absolute atomic E-state index is 12.6. The Morgan fingerprint density at radius 3 is 2.59 bits per heavy atom. The molecule has 0 spiro atoms. The van der Waals surface area contributed by atoms with Gasteiger partial charge in [-0.15, -0.1) is 0 Å². The van der Waals surface area contributed by atoms with Crippen molar-refractivity contribution in [3.05, 3.63) is 64.2 Å². The van der Waals surface area contributed by atoms with Gasteiger partial charge in [-0.2, -0.15) is 0 Å². The molecular weight excluding hydrogens is 362 g/mol. The molecule has 27 heavy (non-hydrogen) atoms. The van der Waals surface area contributed by atoms with E-state index < -0.39 is 0 Å². The van der Waals surface area contributed by atoms with Gasteiger partial charge in [0, 0.05) is 31.6 Å². The highest BCUT2D eigenvalue weighted by Crippen LogP contribution is 2.30. The average Bonchev–Trinajstić information content (AvgIpc) is 3.06. The summed E-state index contributed by atoms with van der Waals surface area (Å²) in [4.78, 5) is 28.4. The van der Waals surface area contributed by atoms with E-state index in [0.717, 1.165) is 18.5 Å². The third-order valence-corrected chi connectivity index (χ3v) is 4.94. The molecule has 2 aromatic carbocycles. The lowest BCUT2D eigenvalue weighted by Gasteiger charge is -2.18. The van der Waals surface area contributed by atoms with Crippen LogP contribution in [0.25, 0.3) is 0 Å². The summed E-state index contributed by atoms with van der Waals surface area (Å²) in [5, 5.41) is 3.46. The summed E-state index contributed by atoms with van der Waals surface area (Å²) in [6.45, 7) is 1.90. The van der Waals surface area contributed by atoms with Gasteiger partial charge in [0.1, 0.15) is 0 Å². The van der Waals surface area contributed by atoms with Gasteiger partial charge in [-0.25, -0.2) is 0 Å². The highest BCUT2D eigenvalue weighted by Gasteiger charge is 2.24. The predicted molar refractivity (Wildman–Crippen MR) is 108 cm³/mol. The lowest BCUT2D eigenvalue weighted by Crippen LogP contribution is -2.26. The fourth-order valence-corrected chi connectivity index (χ4v) is 3.49. The Kier molecular flexibility index (Phi) is 6.14. The number of benzene rings is 2. The van der Waals surface area contributed by atoms with Crippen LogP contribution in [-0.2, 0) is 17.9 Å². The molecule has 1 heterocycles. The Labute approximate surface area is 164 Å². The molecule has 0 bridgehead atoms. The van der Waals surface area contributed by atoms with Crippen molar-refractivity contribution in [2.45, 2.75) is 25.9 Å². The summed E-state index contributed by atoms with van der Waals surface area (Å²) in [5.41, 5.74) is 3.38. The molecule has 1 N–H and O–H groups in total. The number of nitrogens with zero attached hydrogens (tertiary/aromatic N) is 2. The van der Waals surface area contributed by atoms with Gasteiger partial charge in [0.2, 0.25) is 5.91 Å². The average molecular weight is 386 g/mol.